The van der Waals surface area contributed by atoms with E-state index < -0.39 is 32.5 Å². The fourth-order valence-corrected chi connectivity index (χ4v) is 5.56. The molecule has 0 spiro atoms. The maximum absolute atomic E-state index is 12.5. The number of unbranched alkanes of at least 4 members (excludes halogenated alkanes) is 6. The molecule has 308 valence electrons. The smallest absolute Gasteiger partial charge is 0.462 e. The minimum absolute atomic E-state index is 0.0329. The zero-order valence-electron chi connectivity index (χ0n) is 33.3. The summed E-state index contributed by atoms with van der Waals surface area (Å²) in [5, 5.41) is 9.55. The van der Waals surface area contributed by atoms with Crippen molar-refractivity contribution in [2.75, 3.05) is 26.4 Å². The maximum atomic E-state index is 12.5. The molecule has 3 atom stereocenters. The SMILES string of the molecule is CC/C=C\C/C=C\C/C=C\CCCCCCCC(=O)O[C@H](COC(=O)CCC/C=C\C/C=C\C/C=C\C/C=C\CC[C@@H](O)CC)COP(=O)(O)OCCN. The first kappa shape index (κ1) is 51.1. The molecule has 0 aromatic carbocycles. The summed E-state index contributed by atoms with van der Waals surface area (Å²) in [5.74, 6) is -0.943. The molecule has 1 unspecified atom stereocenters. The number of allylic oxidation sites excluding steroid dienone is 14. The van der Waals surface area contributed by atoms with E-state index in [2.05, 4.69) is 85.9 Å². The molecule has 0 aliphatic carbocycles. The van der Waals surface area contributed by atoms with Crippen LogP contribution in [0.4, 0.5) is 0 Å². The van der Waals surface area contributed by atoms with Gasteiger partial charge in [0.1, 0.15) is 6.61 Å². The van der Waals surface area contributed by atoms with E-state index in [0.29, 0.717) is 19.3 Å². The molecule has 0 saturated heterocycles. The number of phosphoric acid groups is 1. The van der Waals surface area contributed by atoms with E-state index >= 15 is 0 Å². The molecule has 0 bridgehead atoms. The number of rotatable bonds is 36. The summed E-state index contributed by atoms with van der Waals surface area (Å²) in [6, 6.07) is 0. The first-order valence-electron chi connectivity index (χ1n) is 20.1. The third kappa shape index (κ3) is 37.5. The van der Waals surface area contributed by atoms with Gasteiger partial charge in [-0.1, -0.05) is 118 Å². The van der Waals surface area contributed by atoms with E-state index in [1.54, 1.807) is 0 Å². The summed E-state index contributed by atoms with van der Waals surface area (Å²) < 4.78 is 32.6. The Morgan fingerprint density at radius 3 is 1.70 bits per heavy atom. The minimum atomic E-state index is -4.40. The molecule has 0 aromatic heterocycles. The van der Waals surface area contributed by atoms with Crippen LogP contribution in [0.1, 0.15) is 136 Å². The van der Waals surface area contributed by atoms with Gasteiger partial charge in [0.05, 0.1) is 19.3 Å². The second-order valence-corrected chi connectivity index (χ2v) is 14.4. The van der Waals surface area contributed by atoms with Gasteiger partial charge in [-0.15, -0.1) is 0 Å². The molecule has 0 amide bonds. The van der Waals surface area contributed by atoms with Crippen LogP contribution in [0.5, 0.6) is 0 Å². The number of hydrogen-bond donors (Lipinski definition) is 3. The standard InChI is InChI=1S/C43H72NO9P/c1-3-5-6-7-8-9-10-11-12-17-20-23-26-29-32-35-43(47)53-41(39-52-54(48,49)51-37-36-44)38-50-42(46)34-31-28-25-22-19-16-14-13-15-18-21-24-27-30-33-40(45)4-2/h5-6,8-9,11-12,14-16,18,22,24-25,27,40-41,45H,3-4,7,10,13,17,19-21,23,26,28-39,44H2,1-2H3,(H,48,49)/b6-5-,9-8-,12-11-,16-14-,18-15-,25-22-,27-24-/t40-,41+/m0/s1. The van der Waals surface area contributed by atoms with Crippen molar-refractivity contribution in [2.45, 2.75) is 148 Å². The predicted molar refractivity (Wildman–Crippen MR) is 221 cm³/mol. The van der Waals surface area contributed by atoms with Crippen LogP contribution in [0.15, 0.2) is 85.1 Å². The summed E-state index contributed by atoms with van der Waals surface area (Å²) in [6.07, 6.45) is 44.2. The molecule has 0 aliphatic rings. The van der Waals surface area contributed by atoms with Gasteiger partial charge >= 0.3 is 19.8 Å². The van der Waals surface area contributed by atoms with Gasteiger partial charge < -0.3 is 25.2 Å². The number of aliphatic hydroxyl groups is 1. The van der Waals surface area contributed by atoms with Crippen LogP contribution in [0.3, 0.4) is 0 Å². The Labute approximate surface area is 326 Å². The topological polar surface area (TPSA) is 155 Å². The van der Waals surface area contributed by atoms with E-state index in [4.69, 9.17) is 24.3 Å². The lowest BCUT2D eigenvalue weighted by Gasteiger charge is -2.19. The second kappa shape index (κ2) is 38.4. The van der Waals surface area contributed by atoms with Crippen molar-refractivity contribution in [2.24, 2.45) is 5.73 Å². The summed E-state index contributed by atoms with van der Waals surface area (Å²) in [4.78, 5) is 34.8. The van der Waals surface area contributed by atoms with Crippen LogP contribution in [-0.4, -0.2) is 60.5 Å². The fourth-order valence-electron chi connectivity index (χ4n) is 4.80. The Hall–Kier alpha value is -2.85. The van der Waals surface area contributed by atoms with Crippen LogP contribution in [0.25, 0.3) is 0 Å². The van der Waals surface area contributed by atoms with Gasteiger partial charge in [0.2, 0.25) is 0 Å². The molecule has 0 fully saturated rings. The monoisotopic (exact) mass is 777 g/mol. The third-order valence-electron chi connectivity index (χ3n) is 7.93. The second-order valence-electron chi connectivity index (χ2n) is 12.9. The van der Waals surface area contributed by atoms with Crippen molar-refractivity contribution in [1.82, 2.24) is 0 Å². The Balaban J connectivity index is 4.35. The summed E-state index contributed by atoms with van der Waals surface area (Å²) in [5.41, 5.74) is 5.33. The summed E-state index contributed by atoms with van der Waals surface area (Å²) >= 11 is 0. The van der Waals surface area contributed by atoms with Crippen LogP contribution < -0.4 is 5.73 Å². The van der Waals surface area contributed by atoms with E-state index in [1.807, 2.05) is 13.0 Å². The highest BCUT2D eigenvalue weighted by molar-refractivity contribution is 7.47. The molecular formula is C43H72NO9P. The van der Waals surface area contributed by atoms with Gasteiger partial charge in [-0.2, -0.15) is 0 Å². The average Bonchev–Trinajstić information content (AvgIpc) is 3.16. The van der Waals surface area contributed by atoms with Crippen molar-refractivity contribution in [3.05, 3.63) is 85.1 Å². The number of ether oxygens (including phenoxy) is 2. The van der Waals surface area contributed by atoms with Crippen LogP contribution in [0, 0.1) is 0 Å². The van der Waals surface area contributed by atoms with Crippen LogP contribution in [-0.2, 0) is 32.7 Å². The molecule has 0 saturated carbocycles. The largest absolute Gasteiger partial charge is 0.472 e. The minimum Gasteiger partial charge on any atom is -0.462 e. The molecular weight excluding hydrogens is 705 g/mol. The predicted octanol–water partition coefficient (Wildman–Crippen LogP) is 10.2. The Morgan fingerprint density at radius 1 is 0.630 bits per heavy atom. The Kier molecular flexibility index (Phi) is 36.4. The van der Waals surface area contributed by atoms with E-state index in [1.165, 1.54) is 0 Å². The average molecular weight is 778 g/mol. The molecule has 4 N–H and O–H groups in total. The number of carbonyl (C=O) groups is 2. The third-order valence-corrected chi connectivity index (χ3v) is 8.91. The lowest BCUT2D eigenvalue weighted by molar-refractivity contribution is -0.161. The maximum Gasteiger partial charge on any atom is 0.472 e. The molecule has 0 aliphatic heterocycles. The molecule has 0 radical (unpaired) electrons. The van der Waals surface area contributed by atoms with Crippen molar-refractivity contribution in [3.63, 3.8) is 0 Å². The van der Waals surface area contributed by atoms with Gasteiger partial charge in [-0.05, 0) is 89.9 Å². The van der Waals surface area contributed by atoms with Gasteiger partial charge in [-0.3, -0.25) is 18.6 Å². The number of phosphoric ester groups is 1. The fraction of sp³-hybridized carbons (Fsp3) is 0.628. The summed E-state index contributed by atoms with van der Waals surface area (Å²) in [7, 11) is -4.40. The van der Waals surface area contributed by atoms with Crippen molar-refractivity contribution in [1.29, 1.82) is 0 Å². The van der Waals surface area contributed by atoms with E-state index in [9.17, 15) is 24.2 Å². The first-order valence-corrected chi connectivity index (χ1v) is 21.6. The Bertz CT molecular complexity index is 1180. The molecule has 11 heteroatoms. The number of carbonyl (C=O) groups excluding carboxylic acids is 2. The van der Waals surface area contributed by atoms with Crippen LogP contribution >= 0.6 is 7.82 Å². The quantitative estimate of drug-likeness (QED) is 0.0242. The summed E-state index contributed by atoms with van der Waals surface area (Å²) in [6.45, 7) is 3.21. The highest BCUT2D eigenvalue weighted by Crippen LogP contribution is 2.43. The van der Waals surface area contributed by atoms with Crippen molar-refractivity contribution in [3.8, 4) is 0 Å². The van der Waals surface area contributed by atoms with Crippen molar-refractivity contribution >= 4 is 19.8 Å². The lowest BCUT2D eigenvalue weighted by Crippen LogP contribution is -2.29. The molecule has 0 rings (SSSR count). The zero-order chi connectivity index (χ0) is 39.8. The lowest BCUT2D eigenvalue weighted by atomic mass is 10.1. The van der Waals surface area contributed by atoms with E-state index in [0.717, 1.165) is 89.9 Å². The van der Waals surface area contributed by atoms with E-state index in [-0.39, 0.29) is 38.7 Å². The highest BCUT2D eigenvalue weighted by atomic mass is 31.2. The zero-order valence-corrected chi connectivity index (χ0v) is 34.2. The van der Waals surface area contributed by atoms with Crippen molar-refractivity contribution < 1.29 is 42.7 Å². The number of esters is 2. The number of nitrogens with two attached hydrogens (primary N) is 1. The number of aliphatic hydroxyl groups excluding tert-OH is 1. The molecule has 10 nitrogen and oxygen atoms in total. The van der Waals surface area contributed by atoms with Gasteiger partial charge in [0.25, 0.3) is 0 Å². The molecule has 0 heterocycles. The molecule has 0 aromatic rings. The van der Waals surface area contributed by atoms with Gasteiger partial charge in [-0.25, -0.2) is 4.57 Å². The molecule has 54 heavy (non-hydrogen) atoms. The number of hydrogen-bond acceptors (Lipinski definition) is 9. The van der Waals surface area contributed by atoms with Gasteiger partial charge in [0.15, 0.2) is 6.10 Å². The highest BCUT2D eigenvalue weighted by Gasteiger charge is 2.25. The van der Waals surface area contributed by atoms with Gasteiger partial charge in [0, 0.05) is 19.4 Å². The Morgan fingerprint density at radius 2 is 1.13 bits per heavy atom. The first-order chi connectivity index (χ1) is 26.2. The van der Waals surface area contributed by atoms with Crippen LogP contribution in [0.2, 0.25) is 0 Å². The normalized spacial score (nSPS) is 14.8.